The van der Waals surface area contributed by atoms with Gasteiger partial charge in [0, 0.05) is 40.1 Å². The molecule has 2 aromatic carbocycles. The molecular formula is C58H76FIN8O15. The molecule has 3 unspecified atom stereocenters. The smallest absolute Gasteiger partial charge is 0.313 e. The van der Waals surface area contributed by atoms with E-state index in [4.69, 9.17) is 43.9 Å². The molecule has 0 bridgehead atoms. The number of alkyl halides is 1. The van der Waals surface area contributed by atoms with Crippen molar-refractivity contribution >= 4 is 74.8 Å². The zero-order valence-corrected chi connectivity index (χ0v) is 49.5. The van der Waals surface area contributed by atoms with Gasteiger partial charge in [0.1, 0.15) is 24.5 Å². The van der Waals surface area contributed by atoms with E-state index in [1.807, 2.05) is 6.92 Å². The van der Waals surface area contributed by atoms with Gasteiger partial charge in [-0.25, -0.2) is 14.2 Å². The molecule has 2 aliphatic heterocycles. The second kappa shape index (κ2) is 31.6. The number of aryl methyl sites for hydroxylation is 1. The van der Waals surface area contributed by atoms with Crippen molar-refractivity contribution in [1.29, 1.82) is 0 Å². The molecule has 0 radical (unpaired) electrons. The normalized spacial score (nSPS) is 16.1. The average molecular weight is 1270 g/mol. The SMILES string of the molecule is CCC1C(=O)OCc2c1cc1n(c2=O)Cc2c-1nc1cc(F)c(C)c3c1c2[C@@H](NC(=O)C(O)c1ccc(NC(=O)C(CCCNC(N)=O)NC(=O)[C@@H](NC(=O)CCOCCOCCOCCOCCOCCOCCI)C(C)C)cc1)CC3. The number of cyclic esters (lactones) is 1. The van der Waals surface area contributed by atoms with E-state index in [9.17, 15) is 38.7 Å². The van der Waals surface area contributed by atoms with Gasteiger partial charge in [0.25, 0.3) is 11.5 Å². The lowest BCUT2D eigenvalue weighted by Gasteiger charge is -2.30. The number of nitrogens with two attached hydrogens (primary N) is 1. The number of nitrogens with one attached hydrogen (secondary N) is 5. The number of urea groups is 1. The van der Waals surface area contributed by atoms with Crippen molar-refractivity contribution in [3.8, 4) is 11.4 Å². The largest absolute Gasteiger partial charge is 0.460 e. The molecule has 25 heteroatoms. The number of aromatic nitrogens is 2. The number of hydrogen-bond donors (Lipinski definition) is 7. The summed E-state index contributed by atoms with van der Waals surface area (Å²) in [6.45, 7) is 12.0. The predicted molar refractivity (Wildman–Crippen MR) is 311 cm³/mol. The Bertz CT molecular complexity index is 3000. The fourth-order valence-corrected chi connectivity index (χ4v) is 10.7. The standard InChI is InChI=1S/C58H76FIN8O15/c1-5-37-39-29-46-51-40(31-68(46)56(74)41(39)32-83-57(37)75)49-43(13-12-38-34(4)42(59)30-45(64-51)48(38)49)65-55(73)52(70)35-8-10-36(11-9-35)63-53(71)44(7-6-16-62-58(61)76)66-54(72)50(33(2)3)67-47(69)14-17-77-19-21-79-23-25-81-27-28-82-26-24-80-22-20-78-18-15-60/h8-11,29-30,33,37,43-44,50,52,70H,5-7,12-28,31-32H2,1-4H3,(H,63,71)(H,65,73)(H,66,72)(H,67,69)(H3,61,62,76)/t37?,43-,44?,50-,52?/m0/s1. The number of pyridine rings is 2. The van der Waals surface area contributed by atoms with Crippen LogP contribution in [0.2, 0.25) is 0 Å². The number of ether oxygens (including phenoxy) is 7. The number of fused-ring (bicyclic) bond motifs is 5. The fourth-order valence-electron chi connectivity index (χ4n) is 10.4. The number of esters is 1. The first-order chi connectivity index (χ1) is 40.0. The van der Waals surface area contributed by atoms with Crippen LogP contribution in [0.3, 0.4) is 0 Å². The van der Waals surface area contributed by atoms with Crippen molar-refractivity contribution in [3.05, 3.63) is 91.5 Å². The summed E-state index contributed by atoms with van der Waals surface area (Å²) in [7, 11) is 0. The second-order valence-electron chi connectivity index (χ2n) is 20.6. The summed E-state index contributed by atoms with van der Waals surface area (Å²) < 4.78 is 56.2. The summed E-state index contributed by atoms with van der Waals surface area (Å²) in [4.78, 5) is 97.8. The lowest BCUT2D eigenvalue weighted by molar-refractivity contribution is -0.148. The maximum atomic E-state index is 15.5. The van der Waals surface area contributed by atoms with Crippen molar-refractivity contribution in [1.82, 2.24) is 30.8 Å². The molecule has 4 aromatic rings. The van der Waals surface area contributed by atoms with Crippen LogP contribution in [0.5, 0.6) is 0 Å². The van der Waals surface area contributed by atoms with Crippen LogP contribution in [0.1, 0.15) is 110 Å². The molecular weight excluding hydrogens is 1190 g/mol. The van der Waals surface area contributed by atoms with Gasteiger partial charge >= 0.3 is 12.0 Å². The number of primary amides is 1. The van der Waals surface area contributed by atoms with Crippen LogP contribution in [0.15, 0.2) is 41.2 Å². The molecule has 7 rings (SSSR count). The highest BCUT2D eigenvalue weighted by Gasteiger charge is 2.38. The Kier molecular flexibility index (Phi) is 24.5. The van der Waals surface area contributed by atoms with Crippen molar-refractivity contribution < 1.29 is 71.4 Å². The van der Waals surface area contributed by atoms with E-state index in [1.54, 1.807) is 31.4 Å². The minimum atomic E-state index is -1.67. The van der Waals surface area contributed by atoms with Gasteiger partial charge in [-0.3, -0.25) is 28.8 Å². The molecule has 23 nitrogen and oxygen atoms in total. The minimum Gasteiger partial charge on any atom is -0.460 e. The Morgan fingerprint density at radius 1 is 0.843 bits per heavy atom. The van der Waals surface area contributed by atoms with E-state index >= 15 is 4.39 Å². The van der Waals surface area contributed by atoms with Gasteiger partial charge in [0.2, 0.25) is 17.7 Å². The number of aliphatic hydroxyl groups is 1. The van der Waals surface area contributed by atoms with E-state index < -0.39 is 71.6 Å². The molecule has 0 fully saturated rings. The molecule has 0 saturated carbocycles. The van der Waals surface area contributed by atoms with Crippen LogP contribution < -0.4 is 37.9 Å². The zero-order chi connectivity index (χ0) is 59.6. The maximum Gasteiger partial charge on any atom is 0.313 e. The lowest BCUT2D eigenvalue weighted by Crippen LogP contribution is -2.54. The number of nitrogens with zero attached hydrogens (tertiary/aromatic N) is 2. The Morgan fingerprint density at radius 2 is 1.47 bits per heavy atom. The van der Waals surface area contributed by atoms with Crippen LogP contribution in [0.25, 0.3) is 22.3 Å². The van der Waals surface area contributed by atoms with Crippen LogP contribution in [-0.2, 0) is 76.7 Å². The van der Waals surface area contributed by atoms with E-state index in [0.717, 1.165) is 9.99 Å². The Morgan fingerprint density at radius 3 is 2.07 bits per heavy atom. The lowest BCUT2D eigenvalue weighted by atomic mass is 9.81. The number of halogens is 2. The number of carbonyl (C=O) groups is 6. The van der Waals surface area contributed by atoms with E-state index in [0.29, 0.717) is 129 Å². The summed E-state index contributed by atoms with van der Waals surface area (Å²) in [5, 5.41) is 25.9. The van der Waals surface area contributed by atoms with Gasteiger partial charge in [0.05, 0.1) is 120 Å². The molecule has 4 heterocycles. The van der Waals surface area contributed by atoms with Crippen LogP contribution in [-0.4, -0.2) is 153 Å². The minimum absolute atomic E-state index is 0.0406. The van der Waals surface area contributed by atoms with Crippen molar-refractivity contribution in [2.45, 2.75) is 110 Å². The van der Waals surface area contributed by atoms with Gasteiger partial charge in [-0.05, 0) is 91.0 Å². The molecule has 83 heavy (non-hydrogen) atoms. The van der Waals surface area contributed by atoms with Crippen molar-refractivity contribution in [3.63, 3.8) is 0 Å². The molecule has 1 aliphatic carbocycles. The van der Waals surface area contributed by atoms with Gasteiger partial charge in [0.15, 0.2) is 6.10 Å². The number of carbonyl (C=O) groups excluding carboxylic acids is 6. The first kappa shape index (κ1) is 64.4. The Labute approximate surface area is 494 Å². The monoisotopic (exact) mass is 1270 g/mol. The number of hydrogen-bond acceptors (Lipinski definition) is 16. The summed E-state index contributed by atoms with van der Waals surface area (Å²) in [5.74, 6) is -4.26. The van der Waals surface area contributed by atoms with Crippen molar-refractivity contribution in [2.75, 3.05) is 95.6 Å². The summed E-state index contributed by atoms with van der Waals surface area (Å²) in [6, 6.07) is 5.50. The number of benzene rings is 2. The van der Waals surface area contributed by atoms with E-state index in [2.05, 4.69) is 49.2 Å². The highest BCUT2D eigenvalue weighted by molar-refractivity contribution is 14.1. The molecule has 5 atom stereocenters. The topological polar surface area (TPSA) is 308 Å². The highest BCUT2D eigenvalue weighted by atomic mass is 127. The molecule has 0 saturated heterocycles. The van der Waals surface area contributed by atoms with E-state index in [-0.39, 0.29) is 81.5 Å². The number of aliphatic hydroxyl groups excluding tert-OH is 1. The highest BCUT2D eigenvalue weighted by Crippen LogP contribution is 2.46. The molecule has 452 valence electrons. The number of amides is 6. The van der Waals surface area contributed by atoms with Gasteiger partial charge in [-0.2, -0.15) is 0 Å². The average Bonchev–Trinajstić information content (AvgIpc) is 1.95. The quantitative estimate of drug-likeness (QED) is 0.0131. The third-order valence-corrected chi connectivity index (χ3v) is 15.1. The number of anilines is 1. The molecule has 3 aliphatic rings. The third-order valence-electron chi connectivity index (χ3n) is 14.7. The summed E-state index contributed by atoms with van der Waals surface area (Å²) in [5.41, 5.74) is 10.2. The molecule has 0 spiro atoms. The van der Waals surface area contributed by atoms with Gasteiger partial charge < -0.3 is 75.1 Å². The predicted octanol–water partition coefficient (Wildman–Crippen LogP) is 4.20. The number of rotatable bonds is 34. The van der Waals surface area contributed by atoms with Crippen LogP contribution in [0.4, 0.5) is 14.9 Å². The first-order valence-corrected chi connectivity index (χ1v) is 29.7. The molecule has 2 aromatic heterocycles. The summed E-state index contributed by atoms with van der Waals surface area (Å²) >= 11 is 2.25. The zero-order valence-electron chi connectivity index (χ0n) is 47.4. The maximum absolute atomic E-state index is 15.5. The fraction of sp³-hybridized carbons (Fsp3) is 0.552. The summed E-state index contributed by atoms with van der Waals surface area (Å²) in [6.07, 6.45) is -0.222. The second-order valence-corrected chi connectivity index (χ2v) is 21.7. The van der Waals surface area contributed by atoms with Crippen LogP contribution in [0, 0.1) is 18.7 Å². The van der Waals surface area contributed by atoms with Crippen molar-refractivity contribution in [2.24, 2.45) is 11.7 Å². The Hall–Kier alpha value is -6.20. The van der Waals surface area contributed by atoms with E-state index in [1.165, 1.54) is 30.3 Å². The molecule has 8 N–H and O–H groups in total. The van der Waals surface area contributed by atoms with Crippen LogP contribution >= 0.6 is 22.6 Å². The first-order valence-electron chi connectivity index (χ1n) is 28.2. The van der Waals surface area contributed by atoms with Gasteiger partial charge in [-0.1, -0.05) is 55.5 Å². The van der Waals surface area contributed by atoms with Gasteiger partial charge in [-0.15, -0.1) is 0 Å². The third kappa shape index (κ3) is 17.0. The Balaban J connectivity index is 0.906. The molecule has 6 amide bonds.